The van der Waals surface area contributed by atoms with Gasteiger partial charge in [0.25, 0.3) is 0 Å². The third kappa shape index (κ3) is 3.74. The van der Waals surface area contributed by atoms with Crippen molar-refractivity contribution in [1.29, 1.82) is 0 Å². The van der Waals surface area contributed by atoms with Crippen molar-refractivity contribution in [3.05, 3.63) is 47.4 Å². The summed E-state index contributed by atoms with van der Waals surface area (Å²) >= 11 is 0. The van der Waals surface area contributed by atoms with Crippen LogP contribution in [0.25, 0.3) is 16.9 Å². The highest BCUT2D eigenvalue weighted by Crippen LogP contribution is 2.29. The largest absolute Gasteiger partial charge is 0.364 e. The maximum atomic E-state index is 13.7. The third-order valence-electron chi connectivity index (χ3n) is 5.77. The molecule has 0 fully saturated rings. The van der Waals surface area contributed by atoms with E-state index in [2.05, 4.69) is 19.2 Å². The molecular weight excluding hydrogens is 353 g/mol. The Balaban J connectivity index is 1.72. The van der Waals surface area contributed by atoms with Gasteiger partial charge in [-0.05, 0) is 51.7 Å². The highest BCUT2D eigenvalue weighted by Gasteiger charge is 2.20. The van der Waals surface area contributed by atoms with E-state index in [0.29, 0.717) is 0 Å². The monoisotopic (exact) mass is 382 g/mol. The molecule has 0 radical (unpaired) electrons. The van der Waals surface area contributed by atoms with Gasteiger partial charge in [-0.1, -0.05) is 12.1 Å². The Bertz CT molecular complexity index is 961. The van der Waals surface area contributed by atoms with E-state index < -0.39 is 0 Å². The van der Waals surface area contributed by atoms with Crippen LogP contribution >= 0.6 is 0 Å². The van der Waals surface area contributed by atoms with Crippen LogP contribution in [0.2, 0.25) is 0 Å². The number of quaternary nitrogens is 1. The van der Waals surface area contributed by atoms with Crippen molar-refractivity contribution in [3.63, 3.8) is 0 Å². The number of aryl methyl sites for hydroxylation is 1. The zero-order chi connectivity index (χ0) is 19.5. The fraction of sp³-hybridized carbons (Fsp3) is 0.455. The second-order valence-electron chi connectivity index (χ2n) is 7.54. The van der Waals surface area contributed by atoms with Gasteiger partial charge in [0.2, 0.25) is 0 Å². The standard InChI is InChI=1S/C22H28FN5/c1-3-27(4-2)13-12-24-22-18-10-5-6-11-19(18)25-21-15-20(26-28(21)22)16-8-7-9-17(23)14-16/h7-9,14-15,24H,3-6,10-13H2,1-2H3/p+1. The summed E-state index contributed by atoms with van der Waals surface area (Å²) in [4.78, 5) is 6.46. The molecule has 2 aromatic heterocycles. The lowest BCUT2D eigenvalue weighted by molar-refractivity contribution is -0.894. The molecule has 2 heterocycles. The Kier molecular flexibility index (Phi) is 5.57. The lowest BCUT2D eigenvalue weighted by Crippen LogP contribution is -3.12. The summed E-state index contributed by atoms with van der Waals surface area (Å²) in [6, 6.07) is 8.56. The van der Waals surface area contributed by atoms with Crippen molar-refractivity contribution < 1.29 is 9.29 Å². The summed E-state index contributed by atoms with van der Waals surface area (Å²) < 4.78 is 15.6. The van der Waals surface area contributed by atoms with Gasteiger partial charge in [0.05, 0.1) is 31.9 Å². The van der Waals surface area contributed by atoms with Crippen LogP contribution in [0.1, 0.15) is 37.9 Å². The SMILES string of the molecule is CC[NH+](CC)CCNc1c2c(nc3cc(-c4cccc(F)c4)nn13)CCCC2. The zero-order valence-corrected chi connectivity index (χ0v) is 16.8. The molecule has 1 aliphatic carbocycles. The van der Waals surface area contributed by atoms with Crippen molar-refractivity contribution in [1.82, 2.24) is 14.6 Å². The van der Waals surface area contributed by atoms with Gasteiger partial charge in [0.1, 0.15) is 11.6 Å². The second-order valence-corrected chi connectivity index (χ2v) is 7.54. The van der Waals surface area contributed by atoms with Crippen molar-refractivity contribution in [3.8, 4) is 11.3 Å². The average Bonchev–Trinajstić information content (AvgIpc) is 3.14. The molecule has 2 N–H and O–H groups in total. The average molecular weight is 383 g/mol. The van der Waals surface area contributed by atoms with Crippen LogP contribution in [0.5, 0.6) is 0 Å². The van der Waals surface area contributed by atoms with Gasteiger partial charge in [-0.25, -0.2) is 9.37 Å². The molecular formula is C22H29FN5+. The quantitative estimate of drug-likeness (QED) is 0.661. The number of aromatic nitrogens is 3. The summed E-state index contributed by atoms with van der Waals surface area (Å²) in [6.45, 7) is 8.69. The highest BCUT2D eigenvalue weighted by atomic mass is 19.1. The topological polar surface area (TPSA) is 46.7 Å². The molecule has 0 bridgehead atoms. The molecule has 0 unspecified atom stereocenters. The second kappa shape index (κ2) is 8.27. The normalized spacial score (nSPS) is 13.9. The van der Waals surface area contributed by atoms with Crippen LogP contribution in [0, 0.1) is 5.82 Å². The van der Waals surface area contributed by atoms with Gasteiger partial charge in [-0.2, -0.15) is 9.61 Å². The first-order valence-corrected chi connectivity index (χ1v) is 10.4. The molecule has 0 saturated carbocycles. The lowest BCUT2D eigenvalue weighted by Gasteiger charge is -2.21. The number of likely N-dealkylation sites (N-methyl/N-ethyl adjacent to an activating group) is 1. The first-order valence-electron chi connectivity index (χ1n) is 10.4. The first kappa shape index (κ1) is 18.9. The predicted molar refractivity (Wildman–Crippen MR) is 110 cm³/mol. The van der Waals surface area contributed by atoms with E-state index in [1.807, 2.05) is 16.6 Å². The van der Waals surface area contributed by atoms with Crippen LogP contribution in [0.15, 0.2) is 30.3 Å². The van der Waals surface area contributed by atoms with E-state index in [1.54, 1.807) is 11.0 Å². The van der Waals surface area contributed by atoms with E-state index in [0.717, 1.165) is 61.7 Å². The Morgan fingerprint density at radius 2 is 1.96 bits per heavy atom. The van der Waals surface area contributed by atoms with E-state index in [-0.39, 0.29) is 5.82 Å². The van der Waals surface area contributed by atoms with Gasteiger partial charge in [-0.15, -0.1) is 0 Å². The number of hydrogen-bond acceptors (Lipinski definition) is 3. The first-order chi connectivity index (χ1) is 13.7. The molecule has 4 rings (SSSR count). The van der Waals surface area contributed by atoms with E-state index in [4.69, 9.17) is 10.1 Å². The van der Waals surface area contributed by atoms with Crippen LogP contribution < -0.4 is 10.2 Å². The Hall–Kier alpha value is -2.47. The Labute approximate surface area is 165 Å². The van der Waals surface area contributed by atoms with Crippen LogP contribution in [-0.4, -0.2) is 40.8 Å². The van der Waals surface area contributed by atoms with Gasteiger partial charge in [0.15, 0.2) is 5.65 Å². The third-order valence-corrected chi connectivity index (χ3v) is 5.77. The minimum Gasteiger partial charge on any atom is -0.364 e. The number of halogens is 1. The number of hydrogen-bond donors (Lipinski definition) is 2. The molecule has 6 heteroatoms. The molecule has 0 atom stereocenters. The predicted octanol–water partition coefficient (Wildman–Crippen LogP) is 2.75. The summed E-state index contributed by atoms with van der Waals surface area (Å²) in [6.07, 6.45) is 4.43. The van der Waals surface area contributed by atoms with Crippen molar-refractivity contribution >= 4 is 11.5 Å². The zero-order valence-electron chi connectivity index (χ0n) is 16.8. The Morgan fingerprint density at radius 3 is 2.75 bits per heavy atom. The molecule has 28 heavy (non-hydrogen) atoms. The lowest BCUT2D eigenvalue weighted by atomic mass is 9.96. The Morgan fingerprint density at radius 1 is 1.14 bits per heavy atom. The number of benzene rings is 1. The number of fused-ring (bicyclic) bond motifs is 2. The smallest absolute Gasteiger partial charge is 0.158 e. The molecule has 5 nitrogen and oxygen atoms in total. The van der Waals surface area contributed by atoms with Crippen LogP contribution in [-0.2, 0) is 12.8 Å². The van der Waals surface area contributed by atoms with Crippen molar-refractivity contribution in [2.24, 2.45) is 0 Å². The maximum Gasteiger partial charge on any atom is 0.158 e. The fourth-order valence-corrected chi connectivity index (χ4v) is 4.08. The molecule has 1 aromatic carbocycles. The summed E-state index contributed by atoms with van der Waals surface area (Å²) in [7, 11) is 0. The van der Waals surface area contributed by atoms with Gasteiger partial charge in [-0.3, -0.25) is 0 Å². The number of nitrogens with zero attached hydrogens (tertiary/aromatic N) is 3. The van der Waals surface area contributed by atoms with E-state index in [1.165, 1.54) is 36.2 Å². The van der Waals surface area contributed by atoms with Crippen LogP contribution in [0.3, 0.4) is 0 Å². The van der Waals surface area contributed by atoms with Gasteiger partial charge in [0, 0.05) is 22.9 Å². The molecule has 0 aliphatic heterocycles. The molecule has 148 valence electrons. The van der Waals surface area contributed by atoms with Gasteiger partial charge < -0.3 is 10.2 Å². The van der Waals surface area contributed by atoms with Gasteiger partial charge >= 0.3 is 0 Å². The van der Waals surface area contributed by atoms with Crippen molar-refractivity contribution in [2.45, 2.75) is 39.5 Å². The van der Waals surface area contributed by atoms with Crippen molar-refractivity contribution in [2.75, 3.05) is 31.5 Å². The molecule has 0 amide bonds. The molecule has 3 aromatic rings. The number of anilines is 1. The minimum atomic E-state index is -0.248. The fourth-order valence-electron chi connectivity index (χ4n) is 4.08. The maximum absolute atomic E-state index is 13.7. The summed E-state index contributed by atoms with van der Waals surface area (Å²) in [5.41, 5.74) is 4.84. The number of nitrogens with one attached hydrogen (secondary N) is 2. The summed E-state index contributed by atoms with van der Waals surface area (Å²) in [5, 5.41) is 8.45. The highest BCUT2D eigenvalue weighted by molar-refractivity contribution is 5.67. The van der Waals surface area contributed by atoms with Crippen LogP contribution in [0.4, 0.5) is 10.2 Å². The summed E-state index contributed by atoms with van der Waals surface area (Å²) in [5.74, 6) is 0.816. The van der Waals surface area contributed by atoms with E-state index >= 15 is 0 Å². The minimum absolute atomic E-state index is 0.248. The molecule has 1 aliphatic rings. The molecule has 0 saturated heterocycles. The molecule has 0 spiro atoms. The number of rotatable bonds is 7. The van der Waals surface area contributed by atoms with E-state index in [9.17, 15) is 4.39 Å².